The highest BCUT2D eigenvalue weighted by atomic mass is 16.5. The molecule has 0 atom stereocenters. The Labute approximate surface area is 165 Å². The lowest BCUT2D eigenvalue weighted by molar-refractivity contribution is 0.0855. The molecule has 2 aromatic carbocycles. The molecular weight excluding hydrogens is 350 g/mol. The number of hydrogen-bond acceptors (Lipinski definition) is 2. The maximum Gasteiger partial charge on any atom is 0.317 e. The van der Waals surface area contributed by atoms with Gasteiger partial charge in [-0.3, -0.25) is 0 Å². The predicted octanol–water partition coefficient (Wildman–Crippen LogP) is 4.31. The van der Waals surface area contributed by atoms with Crippen LogP contribution in [0.25, 0.3) is 10.9 Å². The molecule has 1 saturated heterocycles. The zero-order chi connectivity index (χ0) is 19.7. The van der Waals surface area contributed by atoms with Crippen molar-refractivity contribution in [2.75, 3.05) is 19.7 Å². The van der Waals surface area contributed by atoms with Crippen molar-refractivity contribution in [2.45, 2.75) is 27.3 Å². The van der Waals surface area contributed by atoms with E-state index in [0.29, 0.717) is 19.1 Å². The van der Waals surface area contributed by atoms with E-state index < -0.39 is 0 Å². The van der Waals surface area contributed by atoms with E-state index >= 15 is 0 Å². The lowest BCUT2D eigenvalue weighted by atomic mass is 10.0. The van der Waals surface area contributed by atoms with Crippen LogP contribution in [0.3, 0.4) is 0 Å². The molecular formula is C23H27N3O2. The molecule has 0 spiro atoms. The lowest BCUT2D eigenvalue weighted by Crippen LogP contribution is -2.55. The van der Waals surface area contributed by atoms with Crippen LogP contribution in [-0.2, 0) is 6.54 Å². The zero-order valence-corrected chi connectivity index (χ0v) is 16.7. The number of fused-ring (bicyclic) bond motifs is 1. The molecule has 5 nitrogen and oxygen atoms in total. The highest BCUT2D eigenvalue weighted by Crippen LogP contribution is 2.23. The molecule has 3 aromatic rings. The van der Waals surface area contributed by atoms with Gasteiger partial charge in [0.05, 0.1) is 6.61 Å². The molecule has 1 aliphatic rings. The summed E-state index contributed by atoms with van der Waals surface area (Å²) >= 11 is 0. The molecule has 4 rings (SSSR count). The van der Waals surface area contributed by atoms with Crippen LogP contribution >= 0.6 is 0 Å². The number of hydrogen-bond donors (Lipinski definition) is 2. The van der Waals surface area contributed by atoms with Gasteiger partial charge in [0.25, 0.3) is 0 Å². The van der Waals surface area contributed by atoms with Crippen molar-refractivity contribution in [3.8, 4) is 5.75 Å². The zero-order valence-electron chi connectivity index (χ0n) is 16.7. The second-order valence-corrected chi connectivity index (χ2v) is 7.81. The van der Waals surface area contributed by atoms with Gasteiger partial charge in [-0.15, -0.1) is 0 Å². The van der Waals surface area contributed by atoms with Gasteiger partial charge in [0, 0.05) is 42.1 Å². The fraction of sp³-hybridized carbons (Fsp3) is 0.348. The molecule has 2 N–H and O–H groups in total. The number of amides is 2. The second-order valence-electron chi connectivity index (χ2n) is 7.81. The number of nitrogens with zero attached hydrogens (tertiary/aromatic N) is 1. The van der Waals surface area contributed by atoms with Gasteiger partial charge in [0.15, 0.2) is 0 Å². The third-order valence-electron chi connectivity index (χ3n) is 5.57. The topological polar surface area (TPSA) is 57.4 Å². The predicted molar refractivity (Wildman–Crippen MR) is 112 cm³/mol. The Morgan fingerprint density at radius 1 is 1.14 bits per heavy atom. The van der Waals surface area contributed by atoms with E-state index in [1.807, 2.05) is 29.2 Å². The molecule has 2 heterocycles. The van der Waals surface area contributed by atoms with E-state index in [2.05, 4.69) is 49.3 Å². The number of benzene rings is 2. The van der Waals surface area contributed by atoms with Gasteiger partial charge in [0.2, 0.25) is 0 Å². The number of aromatic amines is 1. The number of carbonyl (C=O) groups is 1. The summed E-state index contributed by atoms with van der Waals surface area (Å²) in [5.74, 6) is 1.29. The number of ether oxygens (including phenoxy) is 1. The maximum absolute atomic E-state index is 12.4. The fourth-order valence-corrected chi connectivity index (χ4v) is 3.60. The van der Waals surface area contributed by atoms with Crippen LogP contribution in [-0.4, -0.2) is 35.6 Å². The highest BCUT2D eigenvalue weighted by molar-refractivity contribution is 5.85. The summed E-state index contributed by atoms with van der Waals surface area (Å²) in [6.45, 7) is 8.94. The van der Waals surface area contributed by atoms with Crippen molar-refractivity contribution in [2.24, 2.45) is 5.92 Å². The van der Waals surface area contributed by atoms with Crippen LogP contribution in [0.5, 0.6) is 5.75 Å². The summed E-state index contributed by atoms with van der Waals surface area (Å²) in [5.41, 5.74) is 5.93. The van der Waals surface area contributed by atoms with Gasteiger partial charge in [-0.25, -0.2) is 4.79 Å². The highest BCUT2D eigenvalue weighted by Gasteiger charge is 2.30. The van der Waals surface area contributed by atoms with Crippen molar-refractivity contribution in [1.29, 1.82) is 0 Å². The molecule has 1 aromatic heterocycles. The number of nitrogens with one attached hydrogen (secondary N) is 2. The monoisotopic (exact) mass is 377 g/mol. The van der Waals surface area contributed by atoms with Crippen LogP contribution in [0.1, 0.15) is 22.4 Å². The minimum atomic E-state index is -0.00588. The van der Waals surface area contributed by atoms with E-state index in [9.17, 15) is 4.79 Å². The van der Waals surface area contributed by atoms with Crippen molar-refractivity contribution in [1.82, 2.24) is 15.2 Å². The number of likely N-dealkylation sites (tertiary alicyclic amines) is 1. The van der Waals surface area contributed by atoms with Gasteiger partial charge in [-0.05, 0) is 56.2 Å². The van der Waals surface area contributed by atoms with Gasteiger partial charge in [-0.1, -0.05) is 23.8 Å². The summed E-state index contributed by atoms with van der Waals surface area (Å²) in [5, 5.41) is 4.25. The molecule has 0 bridgehead atoms. The third-order valence-corrected chi connectivity index (χ3v) is 5.57. The van der Waals surface area contributed by atoms with E-state index in [0.717, 1.165) is 29.9 Å². The Bertz CT molecular complexity index is 985. The second kappa shape index (κ2) is 7.58. The summed E-state index contributed by atoms with van der Waals surface area (Å²) in [6, 6.07) is 14.4. The first kappa shape index (κ1) is 18.4. The molecule has 28 heavy (non-hydrogen) atoms. The Kier molecular flexibility index (Phi) is 4.99. The minimum absolute atomic E-state index is 0.00588. The first-order valence-corrected chi connectivity index (χ1v) is 9.79. The summed E-state index contributed by atoms with van der Waals surface area (Å²) in [4.78, 5) is 17.6. The SMILES string of the molecule is Cc1ccc(OCC2CN(C(=O)NCc3ccc4[nH]c(C)c(C)c4c3)C2)cc1. The quantitative estimate of drug-likeness (QED) is 0.696. The minimum Gasteiger partial charge on any atom is -0.493 e. The largest absolute Gasteiger partial charge is 0.493 e. The Morgan fingerprint density at radius 2 is 1.89 bits per heavy atom. The van der Waals surface area contributed by atoms with E-state index in [1.165, 1.54) is 22.2 Å². The van der Waals surface area contributed by atoms with Crippen molar-refractivity contribution in [3.05, 3.63) is 64.8 Å². The normalized spacial score (nSPS) is 14.2. The van der Waals surface area contributed by atoms with Gasteiger partial charge >= 0.3 is 6.03 Å². The standard InChI is InChI=1S/C23H27N3O2/c1-15-4-7-20(8-5-15)28-14-19-12-26(13-19)23(27)24-11-18-6-9-22-21(10-18)16(2)17(3)25-22/h4-10,19,25H,11-14H2,1-3H3,(H,24,27). The van der Waals surface area contributed by atoms with Crippen LogP contribution in [0.2, 0.25) is 0 Å². The number of rotatable bonds is 5. The van der Waals surface area contributed by atoms with E-state index in [1.54, 1.807) is 0 Å². The van der Waals surface area contributed by atoms with Crippen LogP contribution in [0.15, 0.2) is 42.5 Å². The van der Waals surface area contributed by atoms with Crippen LogP contribution < -0.4 is 10.1 Å². The number of urea groups is 1. The van der Waals surface area contributed by atoms with Crippen molar-refractivity contribution >= 4 is 16.9 Å². The van der Waals surface area contributed by atoms with E-state index in [-0.39, 0.29) is 6.03 Å². The molecule has 2 amide bonds. The Morgan fingerprint density at radius 3 is 2.64 bits per heavy atom. The molecule has 5 heteroatoms. The summed E-state index contributed by atoms with van der Waals surface area (Å²) < 4.78 is 5.82. The molecule has 1 aliphatic heterocycles. The Hall–Kier alpha value is -2.95. The fourth-order valence-electron chi connectivity index (χ4n) is 3.60. The molecule has 0 saturated carbocycles. The van der Waals surface area contributed by atoms with Crippen molar-refractivity contribution < 1.29 is 9.53 Å². The lowest BCUT2D eigenvalue weighted by Gasteiger charge is -2.38. The average Bonchev–Trinajstić information content (AvgIpc) is 2.94. The van der Waals surface area contributed by atoms with Gasteiger partial charge in [0.1, 0.15) is 5.75 Å². The summed E-state index contributed by atoms with van der Waals surface area (Å²) in [7, 11) is 0. The average molecular weight is 377 g/mol. The summed E-state index contributed by atoms with van der Waals surface area (Å²) in [6.07, 6.45) is 0. The number of H-pyrrole nitrogens is 1. The number of aromatic nitrogens is 1. The first-order chi connectivity index (χ1) is 13.5. The molecule has 1 fully saturated rings. The van der Waals surface area contributed by atoms with Crippen LogP contribution in [0.4, 0.5) is 4.79 Å². The molecule has 0 radical (unpaired) electrons. The number of carbonyl (C=O) groups excluding carboxylic acids is 1. The van der Waals surface area contributed by atoms with Gasteiger partial charge in [-0.2, -0.15) is 0 Å². The molecule has 0 unspecified atom stereocenters. The van der Waals surface area contributed by atoms with Gasteiger partial charge < -0.3 is 19.9 Å². The smallest absolute Gasteiger partial charge is 0.317 e. The Balaban J connectivity index is 1.23. The maximum atomic E-state index is 12.4. The molecule has 0 aliphatic carbocycles. The third kappa shape index (κ3) is 3.84. The van der Waals surface area contributed by atoms with Crippen LogP contribution in [0, 0.1) is 26.7 Å². The van der Waals surface area contributed by atoms with E-state index in [4.69, 9.17) is 4.74 Å². The van der Waals surface area contributed by atoms with Crippen molar-refractivity contribution in [3.63, 3.8) is 0 Å². The number of aryl methyl sites for hydroxylation is 3. The first-order valence-electron chi connectivity index (χ1n) is 9.79. The molecule has 146 valence electrons.